The summed E-state index contributed by atoms with van der Waals surface area (Å²) in [5, 5.41) is 8.89. The zero-order chi connectivity index (χ0) is 33.8. The Hall–Kier alpha value is -0.130. The molecule has 0 N–H and O–H groups in total. The van der Waals surface area contributed by atoms with E-state index < -0.39 is 5.97 Å². The maximum Gasteiger partial charge on any atom is 0.0780 e. The molecule has 0 atom stereocenters. The van der Waals surface area contributed by atoms with Gasteiger partial charge in [-0.05, 0) is 32.6 Å². The van der Waals surface area contributed by atoms with Crippen molar-refractivity contribution in [3.63, 3.8) is 0 Å². The third kappa shape index (κ3) is 67.0. The van der Waals surface area contributed by atoms with Gasteiger partial charge in [-0.1, -0.05) is 168 Å². The van der Waals surface area contributed by atoms with E-state index in [1.165, 1.54) is 193 Å². The summed E-state index contributed by atoms with van der Waals surface area (Å²) in [6.07, 6.45) is 40.7. The molecule has 276 valence electrons. The van der Waals surface area contributed by atoms with Crippen LogP contribution in [-0.2, 0) is 4.79 Å². The van der Waals surface area contributed by atoms with Crippen LogP contribution in [0.5, 0.6) is 0 Å². The standard InChI is InChI=1S/2C19H42N.C2H4O2.BrH/c2*1-5-6-7-8-9-10-11-12-13-14-15-16-17-18-19-20(2,3)4;1-2(3)4;/h2*5-19H2,1-4H3;1H3,(H,3,4);1H/q2*+1;;/p-2. The molecular formula is C40H87BrN2O2. The van der Waals surface area contributed by atoms with Crippen molar-refractivity contribution in [3.05, 3.63) is 0 Å². The third-order valence-corrected chi connectivity index (χ3v) is 8.36. The lowest BCUT2D eigenvalue weighted by Gasteiger charge is -2.23. The van der Waals surface area contributed by atoms with E-state index in [-0.39, 0.29) is 17.0 Å². The highest BCUT2D eigenvalue weighted by Gasteiger charge is 2.06. The van der Waals surface area contributed by atoms with Crippen molar-refractivity contribution in [1.29, 1.82) is 0 Å². The van der Waals surface area contributed by atoms with E-state index >= 15 is 0 Å². The molecule has 0 radical (unpaired) electrons. The molecule has 45 heavy (non-hydrogen) atoms. The van der Waals surface area contributed by atoms with Gasteiger partial charge in [0.15, 0.2) is 0 Å². The van der Waals surface area contributed by atoms with Crippen LogP contribution in [0.15, 0.2) is 0 Å². The first-order valence-corrected chi connectivity index (χ1v) is 19.6. The fourth-order valence-corrected chi connectivity index (χ4v) is 5.56. The predicted molar refractivity (Wildman–Crippen MR) is 197 cm³/mol. The first kappa shape index (κ1) is 51.7. The molecule has 0 bridgehead atoms. The first-order valence-electron chi connectivity index (χ1n) is 19.6. The number of carboxylic acids is 1. The summed E-state index contributed by atoms with van der Waals surface area (Å²) in [5.41, 5.74) is 0. The van der Waals surface area contributed by atoms with Crippen LogP contribution in [0.2, 0.25) is 0 Å². The maximum absolute atomic E-state index is 8.89. The van der Waals surface area contributed by atoms with Crippen LogP contribution in [-0.4, -0.2) is 70.3 Å². The van der Waals surface area contributed by atoms with Crippen LogP contribution in [0, 0.1) is 0 Å². The van der Waals surface area contributed by atoms with Gasteiger partial charge >= 0.3 is 0 Å². The number of carbonyl (C=O) groups is 1. The summed E-state index contributed by atoms with van der Waals surface area (Å²) < 4.78 is 2.25. The van der Waals surface area contributed by atoms with Gasteiger partial charge in [0.25, 0.3) is 0 Å². The molecule has 0 heterocycles. The zero-order valence-electron chi connectivity index (χ0n) is 32.8. The van der Waals surface area contributed by atoms with Gasteiger partial charge in [-0.15, -0.1) is 0 Å². The second-order valence-corrected chi connectivity index (χ2v) is 15.7. The van der Waals surface area contributed by atoms with Gasteiger partial charge in [0, 0.05) is 5.97 Å². The van der Waals surface area contributed by atoms with E-state index in [9.17, 15) is 0 Å². The number of aliphatic carboxylic acids is 1. The molecule has 5 heteroatoms. The second-order valence-electron chi connectivity index (χ2n) is 15.7. The normalized spacial score (nSPS) is 11.2. The minimum Gasteiger partial charge on any atom is -1.00 e. The van der Waals surface area contributed by atoms with Crippen molar-refractivity contribution in [2.45, 2.75) is 201 Å². The fourth-order valence-electron chi connectivity index (χ4n) is 5.56. The molecule has 0 aromatic heterocycles. The largest absolute Gasteiger partial charge is 1.00 e. The van der Waals surface area contributed by atoms with Crippen LogP contribution < -0.4 is 22.1 Å². The number of unbranched alkanes of at least 4 members (excludes halogenated alkanes) is 26. The first-order chi connectivity index (χ1) is 20.9. The fraction of sp³-hybridized carbons (Fsp3) is 0.975. The van der Waals surface area contributed by atoms with Gasteiger partial charge in [-0.2, -0.15) is 0 Å². The number of carboxylic acid groups (broad SMARTS) is 1. The van der Waals surface area contributed by atoms with Crippen LogP contribution in [0.1, 0.15) is 201 Å². The molecule has 0 aliphatic rings. The minimum atomic E-state index is -1.08. The van der Waals surface area contributed by atoms with Crippen LogP contribution in [0.3, 0.4) is 0 Å². The Labute approximate surface area is 296 Å². The Balaban J connectivity index is -0.000000327. The molecule has 0 fully saturated rings. The van der Waals surface area contributed by atoms with Crippen molar-refractivity contribution >= 4 is 5.97 Å². The molecule has 0 unspecified atom stereocenters. The Kier molecular flexibility index (Phi) is 46.0. The summed E-state index contributed by atoms with van der Waals surface area (Å²) in [7, 11) is 13.8. The summed E-state index contributed by atoms with van der Waals surface area (Å²) in [6, 6.07) is 0. The van der Waals surface area contributed by atoms with Gasteiger partial charge in [-0.25, -0.2) is 0 Å². The Morgan fingerprint density at radius 3 is 0.644 bits per heavy atom. The average Bonchev–Trinajstić information content (AvgIpc) is 2.92. The molecule has 4 nitrogen and oxygen atoms in total. The van der Waals surface area contributed by atoms with Crippen molar-refractivity contribution in [2.24, 2.45) is 0 Å². The number of quaternary nitrogens is 2. The van der Waals surface area contributed by atoms with Gasteiger partial charge in [0.2, 0.25) is 0 Å². The summed E-state index contributed by atoms with van der Waals surface area (Å²) in [4.78, 5) is 8.89. The number of rotatable bonds is 30. The number of hydrogen-bond donors (Lipinski definition) is 0. The molecular weight excluding hydrogens is 620 g/mol. The average molecular weight is 708 g/mol. The second kappa shape index (κ2) is 40.0. The van der Waals surface area contributed by atoms with E-state index in [2.05, 4.69) is 56.1 Å². The number of hydrogen-bond acceptors (Lipinski definition) is 2. The topological polar surface area (TPSA) is 40.1 Å². The van der Waals surface area contributed by atoms with E-state index in [1.54, 1.807) is 0 Å². The van der Waals surface area contributed by atoms with Gasteiger partial charge < -0.3 is 35.8 Å². The van der Waals surface area contributed by atoms with Crippen molar-refractivity contribution in [2.75, 3.05) is 55.4 Å². The van der Waals surface area contributed by atoms with Crippen molar-refractivity contribution in [1.82, 2.24) is 0 Å². The lowest BCUT2D eigenvalue weighted by molar-refractivity contribution is -0.870. The van der Waals surface area contributed by atoms with Crippen LogP contribution >= 0.6 is 0 Å². The molecule has 0 aromatic carbocycles. The van der Waals surface area contributed by atoms with E-state index in [4.69, 9.17) is 9.90 Å². The highest BCUT2D eigenvalue weighted by molar-refractivity contribution is 5.60. The molecule has 0 rings (SSSR count). The molecule has 0 aliphatic heterocycles. The number of halogens is 1. The summed E-state index contributed by atoms with van der Waals surface area (Å²) in [5.74, 6) is -1.08. The van der Waals surface area contributed by atoms with Crippen molar-refractivity contribution < 1.29 is 35.8 Å². The SMILES string of the molecule is CC(=O)[O-].CCCCCCCCCCCCCCCC[N+](C)(C)C.CCCCCCCCCCCCCCCC[N+](C)(C)C.[Br-]. The Morgan fingerprint density at radius 1 is 0.378 bits per heavy atom. The van der Waals surface area contributed by atoms with Gasteiger partial charge in [0.05, 0.1) is 55.4 Å². The highest BCUT2D eigenvalue weighted by atomic mass is 79.9. The lowest BCUT2D eigenvalue weighted by atomic mass is 10.0. The zero-order valence-corrected chi connectivity index (χ0v) is 34.4. The van der Waals surface area contributed by atoms with Crippen LogP contribution in [0.25, 0.3) is 0 Å². The van der Waals surface area contributed by atoms with Crippen molar-refractivity contribution in [3.8, 4) is 0 Å². The summed E-state index contributed by atoms with van der Waals surface area (Å²) >= 11 is 0. The molecule has 0 saturated carbocycles. The van der Waals surface area contributed by atoms with E-state index in [0.29, 0.717) is 0 Å². The van der Waals surface area contributed by atoms with E-state index in [1.807, 2.05) is 0 Å². The number of carbonyl (C=O) groups excluding carboxylic acids is 1. The molecule has 0 spiro atoms. The lowest BCUT2D eigenvalue weighted by Crippen LogP contribution is -3.00. The Bertz CT molecular complexity index is 497. The molecule has 0 aromatic rings. The smallest absolute Gasteiger partial charge is 0.0780 e. The predicted octanol–water partition coefficient (Wildman–Crippen LogP) is 8.11. The number of nitrogens with zero attached hydrogens (tertiary/aromatic N) is 2. The monoisotopic (exact) mass is 707 g/mol. The maximum atomic E-state index is 8.89. The minimum absolute atomic E-state index is 0. The van der Waals surface area contributed by atoms with Crippen LogP contribution in [0.4, 0.5) is 0 Å². The highest BCUT2D eigenvalue weighted by Crippen LogP contribution is 2.14. The van der Waals surface area contributed by atoms with Gasteiger partial charge in [-0.3, -0.25) is 0 Å². The summed E-state index contributed by atoms with van der Waals surface area (Å²) in [6.45, 7) is 8.22. The molecule has 0 saturated heterocycles. The van der Waals surface area contributed by atoms with Gasteiger partial charge in [0.1, 0.15) is 0 Å². The quantitative estimate of drug-likeness (QED) is 0.0560. The molecule has 0 amide bonds. The van der Waals surface area contributed by atoms with E-state index in [0.717, 1.165) is 15.9 Å². The third-order valence-electron chi connectivity index (χ3n) is 8.36. The molecule has 0 aliphatic carbocycles. The Morgan fingerprint density at radius 2 is 0.511 bits per heavy atom.